The standard InChI is InChI=1S/C9H15NO/c1-4-5-8-6-10-9(11-8)7(2)3/h8H,2,4-6H2,1,3H3. The van der Waals surface area contributed by atoms with Gasteiger partial charge in [-0.3, -0.25) is 0 Å². The highest BCUT2D eigenvalue weighted by Gasteiger charge is 2.18. The van der Waals surface area contributed by atoms with Gasteiger partial charge in [-0.2, -0.15) is 0 Å². The van der Waals surface area contributed by atoms with Gasteiger partial charge in [0.1, 0.15) is 6.10 Å². The van der Waals surface area contributed by atoms with Crippen molar-refractivity contribution in [1.29, 1.82) is 0 Å². The van der Waals surface area contributed by atoms with Crippen molar-refractivity contribution in [2.75, 3.05) is 6.54 Å². The normalized spacial score (nSPS) is 22.7. The number of hydrogen-bond acceptors (Lipinski definition) is 2. The molecule has 0 aromatic heterocycles. The number of hydrogen-bond donors (Lipinski definition) is 0. The Morgan fingerprint density at radius 3 is 3.00 bits per heavy atom. The first kappa shape index (κ1) is 8.31. The van der Waals surface area contributed by atoms with Gasteiger partial charge in [-0.05, 0) is 13.3 Å². The molecule has 0 aliphatic carbocycles. The Hall–Kier alpha value is -0.790. The smallest absolute Gasteiger partial charge is 0.211 e. The average molecular weight is 153 g/mol. The zero-order chi connectivity index (χ0) is 8.27. The maximum atomic E-state index is 5.51. The molecule has 0 saturated heterocycles. The van der Waals surface area contributed by atoms with E-state index in [0.717, 1.165) is 30.9 Å². The lowest BCUT2D eigenvalue weighted by Gasteiger charge is -2.08. The summed E-state index contributed by atoms with van der Waals surface area (Å²) in [7, 11) is 0. The largest absolute Gasteiger partial charge is 0.472 e. The van der Waals surface area contributed by atoms with Gasteiger partial charge >= 0.3 is 0 Å². The van der Waals surface area contributed by atoms with Gasteiger partial charge in [0.2, 0.25) is 5.90 Å². The van der Waals surface area contributed by atoms with Gasteiger partial charge < -0.3 is 4.74 Å². The average Bonchev–Trinajstić information content (AvgIpc) is 2.37. The van der Waals surface area contributed by atoms with Gasteiger partial charge in [-0.25, -0.2) is 4.99 Å². The van der Waals surface area contributed by atoms with Crippen LogP contribution in [0.4, 0.5) is 0 Å². The first-order valence-electron chi connectivity index (χ1n) is 4.11. The third-order valence-electron chi connectivity index (χ3n) is 1.69. The number of ether oxygens (including phenoxy) is 1. The molecule has 0 N–H and O–H groups in total. The summed E-state index contributed by atoms with van der Waals surface area (Å²) in [6, 6.07) is 0. The molecule has 0 bridgehead atoms. The summed E-state index contributed by atoms with van der Waals surface area (Å²) in [4.78, 5) is 4.23. The Balaban J connectivity index is 2.37. The Morgan fingerprint density at radius 2 is 2.55 bits per heavy atom. The van der Waals surface area contributed by atoms with Crippen LogP contribution >= 0.6 is 0 Å². The van der Waals surface area contributed by atoms with E-state index in [1.165, 1.54) is 0 Å². The highest BCUT2D eigenvalue weighted by Crippen LogP contribution is 2.13. The van der Waals surface area contributed by atoms with Crippen LogP contribution in [0, 0.1) is 0 Å². The molecule has 1 rings (SSSR count). The van der Waals surface area contributed by atoms with Crippen molar-refractivity contribution in [3.63, 3.8) is 0 Å². The third kappa shape index (κ3) is 2.07. The molecule has 0 fully saturated rings. The van der Waals surface area contributed by atoms with Crippen molar-refractivity contribution in [2.24, 2.45) is 4.99 Å². The van der Waals surface area contributed by atoms with E-state index < -0.39 is 0 Å². The molecular formula is C9H15NO. The molecule has 2 heteroatoms. The fourth-order valence-corrected chi connectivity index (χ4v) is 1.12. The third-order valence-corrected chi connectivity index (χ3v) is 1.69. The van der Waals surface area contributed by atoms with Crippen LogP contribution in [0.3, 0.4) is 0 Å². The molecule has 0 saturated carbocycles. The predicted octanol–water partition coefficient (Wildman–Crippen LogP) is 2.16. The van der Waals surface area contributed by atoms with Crippen molar-refractivity contribution in [3.8, 4) is 0 Å². The summed E-state index contributed by atoms with van der Waals surface area (Å²) in [5, 5.41) is 0. The molecule has 1 aliphatic heterocycles. The van der Waals surface area contributed by atoms with E-state index >= 15 is 0 Å². The first-order valence-corrected chi connectivity index (χ1v) is 4.11. The zero-order valence-corrected chi connectivity index (χ0v) is 7.26. The Bertz CT molecular complexity index is 184. The summed E-state index contributed by atoms with van der Waals surface area (Å²) < 4.78 is 5.51. The van der Waals surface area contributed by atoms with Gasteiger partial charge in [0.05, 0.1) is 6.54 Å². The van der Waals surface area contributed by atoms with Crippen molar-refractivity contribution in [2.45, 2.75) is 32.8 Å². The molecule has 1 aliphatic rings. The van der Waals surface area contributed by atoms with Crippen molar-refractivity contribution < 1.29 is 4.74 Å². The molecule has 0 aromatic carbocycles. The second kappa shape index (κ2) is 3.56. The SMILES string of the molecule is C=C(C)C1=NCC(CCC)O1. The van der Waals surface area contributed by atoms with Crippen LogP contribution in [0.15, 0.2) is 17.1 Å². The maximum Gasteiger partial charge on any atom is 0.211 e. The molecular weight excluding hydrogens is 138 g/mol. The molecule has 11 heavy (non-hydrogen) atoms. The molecule has 1 heterocycles. The second-order valence-corrected chi connectivity index (χ2v) is 2.95. The summed E-state index contributed by atoms with van der Waals surface area (Å²) in [5.41, 5.74) is 0.934. The van der Waals surface area contributed by atoms with E-state index in [1.807, 2.05) is 6.92 Å². The lowest BCUT2D eigenvalue weighted by atomic mass is 10.2. The van der Waals surface area contributed by atoms with Gasteiger partial charge in [0.25, 0.3) is 0 Å². The van der Waals surface area contributed by atoms with Crippen molar-refractivity contribution in [3.05, 3.63) is 12.2 Å². The molecule has 0 radical (unpaired) electrons. The minimum Gasteiger partial charge on any atom is -0.472 e. The molecule has 62 valence electrons. The zero-order valence-electron chi connectivity index (χ0n) is 7.26. The molecule has 0 amide bonds. The number of nitrogens with zero attached hydrogens (tertiary/aromatic N) is 1. The second-order valence-electron chi connectivity index (χ2n) is 2.95. The summed E-state index contributed by atoms with van der Waals surface area (Å²) in [6.45, 7) is 8.67. The highest BCUT2D eigenvalue weighted by molar-refractivity contribution is 5.93. The molecule has 0 spiro atoms. The van der Waals surface area contributed by atoms with E-state index in [9.17, 15) is 0 Å². The fourth-order valence-electron chi connectivity index (χ4n) is 1.12. The van der Waals surface area contributed by atoms with Gasteiger partial charge in [-0.1, -0.05) is 19.9 Å². The minimum absolute atomic E-state index is 0.312. The fraction of sp³-hybridized carbons (Fsp3) is 0.667. The van der Waals surface area contributed by atoms with Gasteiger partial charge in [0, 0.05) is 5.57 Å². The Morgan fingerprint density at radius 1 is 1.82 bits per heavy atom. The number of rotatable bonds is 3. The van der Waals surface area contributed by atoms with E-state index in [-0.39, 0.29) is 0 Å². The van der Waals surface area contributed by atoms with Gasteiger partial charge in [-0.15, -0.1) is 0 Å². The molecule has 0 aromatic rings. The number of aliphatic imine (C=N–C) groups is 1. The molecule has 2 nitrogen and oxygen atoms in total. The lowest BCUT2D eigenvalue weighted by Crippen LogP contribution is -2.12. The summed E-state index contributed by atoms with van der Waals surface area (Å²) in [6.07, 6.45) is 2.57. The van der Waals surface area contributed by atoms with Crippen LogP contribution < -0.4 is 0 Å². The van der Waals surface area contributed by atoms with Crippen molar-refractivity contribution in [1.82, 2.24) is 0 Å². The van der Waals surface area contributed by atoms with Gasteiger partial charge in [0.15, 0.2) is 0 Å². The van der Waals surface area contributed by atoms with Crippen molar-refractivity contribution >= 4 is 5.90 Å². The summed E-state index contributed by atoms with van der Waals surface area (Å²) in [5.74, 6) is 0.753. The maximum absolute atomic E-state index is 5.51. The first-order chi connectivity index (χ1) is 5.24. The highest BCUT2D eigenvalue weighted by atomic mass is 16.5. The Labute approximate surface area is 68.0 Å². The van der Waals surface area contributed by atoms with Crippen LogP contribution in [0.5, 0.6) is 0 Å². The van der Waals surface area contributed by atoms with Crippen LogP contribution in [0.2, 0.25) is 0 Å². The lowest BCUT2D eigenvalue weighted by molar-refractivity contribution is 0.212. The quantitative estimate of drug-likeness (QED) is 0.609. The topological polar surface area (TPSA) is 21.6 Å². The van der Waals surface area contributed by atoms with E-state index in [1.54, 1.807) is 0 Å². The minimum atomic E-state index is 0.312. The van der Waals surface area contributed by atoms with Crippen LogP contribution in [-0.2, 0) is 4.74 Å². The van der Waals surface area contributed by atoms with Crippen LogP contribution in [-0.4, -0.2) is 18.5 Å². The van der Waals surface area contributed by atoms with Crippen LogP contribution in [0.1, 0.15) is 26.7 Å². The molecule has 1 atom stereocenters. The van der Waals surface area contributed by atoms with E-state index in [2.05, 4.69) is 18.5 Å². The van der Waals surface area contributed by atoms with E-state index in [0.29, 0.717) is 6.10 Å². The summed E-state index contributed by atoms with van der Waals surface area (Å²) >= 11 is 0. The van der Waals surface area contributed by atoms with Crippen LogP contribution in [0.25, 0.3) is 0 Å². The van der Waals surface area contributed by atoms with E-state index in [4.69, 9.17) is 4.74 Å². The predicted molar refractivity (Wildman–Crippen MR) is 46.9 cm³/mol. The molecule has 1 unspecified atom stereocenters. The Kier molecular flexibility index (Phi) is 2.69. The monoisotopic (exact) mass is 153 g/mol.